The summed E-state index contributed by atoms with van der Waals surface area (Å²) in [5.74, 6) is -1.21. The van der Waals surface area contributed by atoms with Gasteiger partial charge in [0.05, 0.1) is 12.5 Å². The second kappa shape index (κ2) is 7.92. The summed E-state index contributed by atoms with van der Waals surface area (Å²) in [5.41, 5.74) is 1.43. The van der Waals surface area contributed by atoms with Crippen molar-refractivity contribution in [3.8, 4) is 6.07 Å². The molecule has 2 rings (SSSR count). The molecule has 0 bridgehead atoms. The smallest absolute Gasteiger partial charge is 0.357 e. The third-order valence-electron chi connectivity index (χ3n) is 2.79. The molecule has 6 nitrogen and oxygen atoms in total. The molecule has 0 saturated heterocycles. The Morgan fingerprint density at radius 2 is 2.00 bits per heavy atom. The summed E-state index contributed by atoms with van der Waals surface area (Å²) in [6.45, 7) is -0.438. The molecule has 0 atom stereocenters. The van der Waals surface area contributed by atoms with Crippen LogP contribution in [0, 0.1) is 11.3 Å². The first kappa shape index (κ1) is 16.5. The maximum absolute atomic E-state index is 11.7. The lowest BCUT2D eigenvalue weighted by atomic mass is 10.1. The van der Waals surface area contributed by atoms with Gasteiger partial charge in [-0.25, -0.2) is 9.78 Å². The van der Waals surface area contributed by atoms with Crippen LogP contribution in [0.25, 0.3) is 0 Å². The van der Waals surface area contributed by atoms with Crippen LogP contribution >= 0.6 is 11.6 Å². The number of carbonyl (C=O) groups is 2. The number of hydrogen-bond acceptors (Lipinski definition) is 5. The van der Waals surface area contributed by atoms with Crippen molar-refractivity contribution in [1.29, 1.82) is 5.26 Å². The van der Waals surface area contributed by atoms with Crippen molar-refractivity contribution in [3.05, 3.63) is 58.9 Å². The number of nitrogens with zero attached hydrogens (tertiary/aromatic N) is 2. The van der Waals surface area contributed by atoms with E-state index in [9.17, 15) is 9.59 Å². The zero-order valence-electron chi connectivity index (χ0n) is 12.0. The van der Waals surface area contributed by atoms with Gasteiger partial charge in [0.25, 0.3) is 5.91 Å². The van der Waals surface area contributed by atoms with Gasteiger partial charge in [0, 0.05) is 16.9 Å². The Morgan fingerprint density at radius 3 is 2.65 bits per heavy atom. The highest BCUT2D eigenvalue weighted by Crippen LogP contribution is 2.11. The lowest BCUT2D eigenvalue weighted by molar-refractivity contribution is -0.119. The Kier molecular flexibility index (Phi) is 5.67. The van der Waals surface area contributed by atoms with Gasteiger partial charge in [-0.05, 0) is 29.8 Å². The number of amides is 1. The molecular weight excluding hydrogens is 318 g/mol. The number of anilines is 1. The maximum atomic E-state index is 11.7. The molecule has 0 saturated carbocycles. The van der Waals surface area contributed by atoms with Gasteiger partial charge in [0.2, 0.25) is 0 Å². The molecule has 0 fully saturated rings. The number of hydrogen-bond donors (Lipinski definition) is 1. The highest BCUT2D eigenvalue weighted by atomic mass is 35.5. The molecule has 1 aromatic heterocycles. The minimum atomic E-state index is -0.730. The summed E-state index contributed by atoms with van der Waals surface area (Å²) in [5, 5.41) is 11.5. The SMILES string of the molecule is N#CCc1ccc(NC(=O)COC(=O)c2cc(Cl)ccn2)cc1. The number of aromatic nitrogens is 1. The number of esters is 1. The number of carbonyl (C=O) groups excluding carboxylic acids is 2. The molecule has 0 unspecified atom stereocenters. The van der Waals surface area contributed by atoms with Gasteiger partial charge in [-0.1, -0.05) is 23.7 Å². The Morgan fingerprint density at radius 1 is 1.26 bits per heavy atom. The van der Waals surface area contributed by atoms with Crippen LogP contribution in [0.5, 0.6) is 0 Å². The van der Waals surface area contributed by atoms with Crippen molar-refractivity contribution in [3.63, 3.8) is 0 Å². The summed E-state index contributed by atoms with van der Waals surface area (Å²) in [4.78, 5) is 27.3. The molecular formula is C16H12ClN3O3. The summed E-state index contributed by atoms with van der Waals surface area (Å²) in [6, 6.07) is 11.7. The highest BCUT2D eigenvalue weighted by Gasteiger charge is 2.12. The molecule has 1 amide bonds. The van der Waals surface area contributed by atoms with Crippen molar-refractivity contribution in [2.45, 2.75) is 6.42 Å². The summed E-state index contributed by atoms with van der Waals surface area (Å²) in [6.07, 6.45) is 1.68. The van der Waals surface area contributed by atoms with Crippen LogP contribution in [0.1, 0.15) is 16.1 Å². The van der Waals surface area contributed by atoms with E-state index in [4.69, 9.17) is 21.6 Å². The van der Waals surface area contributed by atoms with Gasteiger partial charge in [0.15, 0.2) is 6.61 Å². The lowest BCUT2D eigenvalue weighted by Crippen LogP contribution is -2.21. The van der Waals surface area contributed by atoms with Gasteiger partial charge in [-0.3, -0.25) is 4.79 Å². The van der Waals surface area contributed by atoms with Gasteiger partial charge in [0.1, 0.15) is 5.69 Å². The molecule has 116 valence electrons. The molecule has 0 aliphatic heterocycles. The minimum Gasteiger partial charge on any atom is -0.451 e. The van der Waals surface area contributed by atoms with Crippen LogP contribution in [0.3, 0.4) is 0 Å². The highest BCUT2D eigenvalue weighted by molar-refractivity contribution is 6.30. The predicted molar refractivity (Wildman–Crippen MR) is 83.9 cm³/mol. The van der Waals surface area contributed by atoms with E-state index in [0.29, 0.717) is 17.1 Å². The molecule has 1 N–H and O–H groups in total. The number of benzene rings is 1. The van der Waals surface area contributed by atoms with Crippen LogP contribution in [-0.4, -0.2) is 23.5 Å². The average molecular weight is 330 g/mol. The van der Waals surface area contributed by atoms with Crippen molar-refractivity contribution in [2.75, 3.05) is 11.9 Å². The van der Waals surface area contributed by atoms with Crippen molar-refractivity contribution in [2.24, 2.45) is 0 Å². The summed E-state index contributed by atoms with van der Waals surface area (Å²) >= 11 is 5.75. The van der Waals surface area contributed by atoms with Gasteiger partial charge in [-0.2, -0.15) is 5.26 Å². The standard InChI is InChI=1S/C16H12ClN3O3/c17-12-6-8-19-14(9-12)16(22)23-10-15(21)20-13-3-1-11(2-4-13)5-7-18/h1-4,6,8-9H,5,10H2,(H,20,21). The van der Waals surface area contributed by atoms with E-state index in [-0.39, 0.29) is 5.69 Å². The van der Waals surface area contributed by atoms with E-state index < -0.39 is 18.5 Å². The first-order valence-corrected chi connectivity index (χ1v) is 7.00. The van der Waals surface area contributed by atoms with Crippen molar-refractivity contribution >= 4 is 29.2 Å². The zero-order valence-corrected chi connectivity index (χ0v) is 12.7. The van der Waals surface area contributed by atoms with Crippen LogP contribution in [0.15, 0.2) is 42.6 Å². The molecule has 23 heavy (non-hydrogen) atoms. The second-order valence-electron chi connectivity index (χ2n) is 4.52. The number of ether oxygens (including phenoxy) is 1. The van der Waals surface area contributed by atoms with E-state index >= 15 is 0 Å². The molecule has 1 heterocycles. The zero-order chi connectivity index (χ0) is 16.7. The molecule has 0 aliphatic carbocycles. The van der Waals surface area contributed by atoms with Crippen LogP contribution in [0.4, 0.5) is 5.69 Å². The quantitative estimate of drug-likeness (QED) is 0.851. The Labute approximate surface area is 137 Å². The van der Waals surface area contributed by atoms with Crippen LogP contribution < -0.4 is 5.32 Å². The van der Waals surface area contributed by atoms with Crippen molar-refractivity contribution in [1.82, 2.24) is 4.98 Å². The normalized spacial score (nSPS) is 9.74. The van der Waals surface area contributed by atoms with Crippen molar-refractivity contribution < 1.29 is 14.3 Å². The van der Waals surface area contributed by atoms with Crippen LogP contribution in [-0.2, 0) is 16.0 Å². The largest absolute Gasteiger partial charge is 0.451 e. The third-order valence-corrected chi connectivity index (χ3v) is 3.02. The fourth-order valence-electron chi connectivity index (χ4n) is 1.72. The Bertz CT molecular complexity index is 754. The maximum Gasteiger partial charge on any atom is 0.357 e. The number of nitrogens with one attached hydrogen (secondary N) is 1. The summed E-state index contributed by atoms with van der Waals surface area (Å²) < 4.78 is 4.86. The number of pyridine rings is 1. The van der Waals surface area contributed by atoms with E-state index in [1.165, 1.54) is 18.3 Å². The monoisotopic (exact) mass is 329 g/mol. The molecule has 2 aromatic rings. The van der Waals surface area contributed by atoms with Gasteiger partial charge >= 0.3 is 5.97 Å². The number of rotatable bonds is 5. The van der Waals surface area contributed by atoms with E-state index in [2.05, 4.69) is 10.3 Å². The number of halogens is 1. The fourth-order valence-corrected chi connectivity index (χ4v) is 1.88. The molecule has 0 radical (unpaired) electrons. The van der Waals surface area contributed by atoms with E-state index in [1.807, 2.05) is 6.07 Å². The Hall–Kier alpha value is -2.91. The fraction of sp³-hybridized carbons (Fsp3) is 0.125. The molecule has 7 heteroatoms. The first-order valence-electron chi connectivity index (χ1n) is 6.63. The number of nitriles is 1. The summed E-state index contributed by atoms with van der Waals surface area (Å²) in [7, 11) is 0. The lowest BCUT2D eigenvalue weighted by Gasteiger charge is -2.07. The average Bonchev–Trinajstić information content (AvgIpc) is 2.55. The third kappa shape index (κ3) is 5.09. The van der Waals surface area contributed by atoms with Crippen LogP contribution in [0.2, 0.25) is 5.02 Å². The van der Waals surface area contributed by atoms with E-state index in [0.717, 1.165) is 5.56 Å². The Balaban J connectivity index is 1.85. The van der Waals surface area contributed by atoms with Gasteiger partial charge in [-0.15, -0.1) is 0 Å². The minimum absolute atomic E-state index is 0.0335. The van der Waals surface area contributed by atoms with E-state index in [1.54, 1.807) is 24.3 Å². The molecule has 0 spiro atoms. The predicted octanol–water partition coefficient (Wildman–Crippen LogP) is 2.60. The molecule has 0 aliphatic rings. The molecule has 1 aromatic carbocycles. The van der Waals surface area contributed by atoms with Gasteiger partial charge < -0.3 is 10.1 Å². The topological polar surface area (TPSA) is 92.1 Å². The second-order valence-corrected chi connectivity index (χ2v) is 4.95. The first-order chi connectivity index (χ1) is 11.1.